The summed E-state index contributed by atoms with van der Waals surface area (Å²) in [5, 5.41) is 7.09. The number of hydrogen-bond acceptors (Lipinski definition) is 3. The first-order chi connectivity index (χ1) is 14.0. The van der Waals surface area contributed by atoms with Crippen molar-refractivity contribution in [3.63, 3.8) is 0 Å². The summed E-state index contributed by atoms with van der Waals surface area (Å²) >= 11 is 0. The second-order valence-electron chi connectivity index (χ2n) is 6.70. The predicted octanol–water partition coefficient (Wildman–Crippen LogP) is 4.74. The van der Waals surface area contributed by atoms with Gasteiger partial charge < -0.3 is 10.1 Å². The molecule has 150 valence electrons. The number of para-hydroxylation sites is 2. The van der Waals surface area contributed by atoms with Crippen LogP contribution in [0.5, 0.6) is 5.75 Å². The molecule has 0 radical (unpaired) electrons. The molecular formula is C21H18F3N3O2. The standard InChI is InChI=1S/C21H18F3N3O2/c22-13-9-11-14(12-10-13)27-17-7-3-1-5-15(17)19(26-27)20(28)25-16-6-2-4-8-18(16)29-21(23)24/h2,4,6,8-12,21H,1,3,5,7H2,(H,25,28). The number of amides is 1. The van der Waals surface area contributed by atoms with Crippen molar-refractivity contribution < 1.29 is 22.7 Å². The summed E-state index contributed by atoms with van der Waals surface area (Å²) in [7, 11) is 0. The fourth-order valence-electron chi connectivity index (χ4n) is 3.53. The highest BCUT2D eigenvalue weighted by Crippen LogP contribution is 2.30. The van der Waals surface area contributed by atoms with Crippen LogP contribution < -0.4 is 10.1 Å². The summed E-state index contributed by atoms with van der Waals surface area (Å²) in [6, 6.07) is 11.9. The number of benzene rings is 2. The minimum absolute atomic E-state index is 0.123. The van der Waals surface area contributed by atoms with Crippen molar-refractivity contribution in [2.75, 3.05) is 5.32 Å². The number of nitrogens with zero attached hydrogens (tertiary/aromatic N) is 2. The number of fused-ring (bicyclic) bond motifs is 1. The molecule has 8 heteroatoms. The number of carbonyl (C=O) groups excluding carboxylic acids is 1. The van der Waals surface area contributed by atoms with Gasteiger partial charge >= 0.3 is 6.61 Å². The van der Waals surface area contributed by atoms with Gasteiger partial charge in [0.15, 0.2) is 5.69 Å². The van der Waals surface area contributed by atoms with Gasteiger partial charge in [-0.05, 0) is 62.1 Å². The predicted molar refractivity (Wildman–Crippen MR) is 101 cm³/mol. The fraction of sp³-hybridized carbons (Fsp3) is 0.238. The summed E-state index contributed by atoms with van der Waals surface area (Å²) in [4.78, 5) is 12.9. The highest BCUT2D eigenvalue weighted by Gasteiger charge is 2.26. The fourth-order valence-corrected chi connectivity index (χ4v) is 3.53. The van der Waals surface area contributed by atoms with Crippen LogP contribution >= 0.6 is 0 Å². The highest BCUT2D eigenvalue weighted by molar-refractivity contribution is 6.05. The van der Waals surface area contributed by atoms with Crippen molar-refractivity contribution in [1.82, 2.24) is 9.78 Å². The van der Waals surface area contributed by atoms with E-state index in [2.05, 4.69) is 15.2 Å². The molecule has 1 aliphatic rings. The zero-order chi connectivity index (χ0) is 20.4. The molecule has 1 amide bonds. The molecule has 1 aromatic heterocycles. The van der Waals surface area contributed by atoms with Crippen molar-refractivity contribution in [3.05, 3.63) is 71.3 Å². The van der Waals surface area contributed by atoms with E-state index in [1.54, 1.807) is 28.9 Å². The van der Waals surface area contributed by atoms with Crippen LogP contribution in [0.1, 0.15) is 34.6 Å². The molecule has 3 aromatic rings. The minimum atomic E-state index is -3.00. The third kappa shape index (κ3) is 3.96. The van der Waals surface area contributed by atoms with Crippen LogP contribution in [0.4, 0.5) is 18.9 Å². The van der Waals surface area contributed by atoms with Crippen LogP contribution in [0.3, 0.4) is 0 Å². The van der Waals surface area contributed by atoms with Crippen LogP contribution in [0.25, 0.3) is 5.69 Å². The lowest BCUT2D eigenvalue weighted by atomic mass is 9.95. The maximum atomic E-state index is 13.3. The first-order valence-electron chi connectivity index (χ1n) is 9.25. The van der Waals surface area contributed by atoms with Crippen molar-refractivity contribution >= 4 is 11.6 Å². The molecule has 0 atom stereocenters. The first-order valence-corrected chi connectivity index (χ1v) is 9.25. The smallest absolute Gasteiger partial charge is 0.387 e. The number of rotatable bonds is 5. The Kier molecular flexibility index (Phi) is 5.24. The van der Waals surface area contributed by atoms with Gasteiger partial charge in [0, 0.05) is 11.3 Å². The molecule has 29 heavy (non-hydrogen) atoms. The van der Waals surface area contributed by atoms with Gasteiger partial charge in [0.2, 0.25) is 0 Å². The Morgan fingerprint density at radius 3 is 2.55 bits per heavy atom. The lowest BCUT2D eigenvalue weighted by Crippen LogP contribution is -2.16. The minimum Gasteiger partial charge on any atom is -0.433 e. The Hall–Kier alpha value is -3.29. The average Bonchev–Trinajstić information content (AvgIpc) is 3.10. The number of ether oxygens (including phenoxy) is 1. The lowest BCUT2D eigenvalue weighted by molar-refractivity contribution is -0.0493. The molecule has 0 fully saturated rings. The van der Waals surface area contributed by atoms with Crippen LogP contribution in [-0.4, -0.2) is 22.3 Å². The van der Waals surface area contributed by atoms with E-state index in [-0.39, 0.29) is 22.9 Å². The van der Waals surface area contributed by atoms with E-state index in [1.165, 1.54) is 24.3 Å². The van der Waals surface area contributed by atoms with Gasteiger partial charge in [-0.25, -0.2) is 9.07 Å². The van der Waals surface area contributed by atoms with Gasteiger partial charge in [-0.1, -0.05) is 12.1 Å². The van der Waals surface area contributed by atoms with Gasteiger partial charge in [-0.2, -0.15) is 13.9 Å². The van der Waals surface area contributed by atoms with Crippen LogP contribution in [0, 0.1) is 5.82 Å². The van der Waals surface area contributed by atoms with E-state index in [4.69, 9.17) is 0 Å². The molecule has 1 N–H and O–H groups in total. The Bertz CT molecular complexity index is 1030. The molecule has 5 nitrogen and oxygen atoms in total. The van der Waals surface area contributed by atoms with Crippen LogP contribution in [0.15, 0.2) is 48.5 Å². The first kappa shape index (κ1) is 19.0. The van der Waals surface area contributed by atoms with Gasteiger partial charge in [-0.3, -0.25) is 4.79 Å². The van der Waals surface area contributed by atoms with E-state index in [0.717, 1.165) is 30.5 Å². The Morgan fingerprint density at radius 1 is 1.07 bits per heavy atom. The molecule has 0 saturated carbocycles. The van der Waals surface area contributed by atoms with E-state index in [0.29, 0.717) is 12.1 Å². The summed E-state index contributed by atoms with van der Waals surface area (Å²) in [5.41, 5.74) is 2.76. The number of nitrogens with one attached hydrogen (secondary N) is 1. The second-order valence-corrected chi connectivity index (χ2v) is 6.70. The van der Waals surface area contributed by atoms with Crippen LogP contribution in [0.2, 0.25) is 0 Å². The lowest BCUT2D eigenvalue weighted by Gasteiger charge is -2.14. The molecule has 1 aliphatic carbocycles. The zero-order valence-electron chi connectivity index (χ0n) is 15.4. The maximum Gasteiger partial charge on any atom is 0.387 e. The van der Waals surface area contributed by atoms with Crippen molar-refractivity contribution in [1.29, 1.82) is 0 Å². The second kappa shape index (κ2) is 7.98. The summed E-state index contributed by atoms with van der Waals surface area (Å²) < 4.78 is 44.7. The van der Waals surface area contributed by atoms with Gasteiger partial charge in [-0.15, -0.1) is 0 Å². The molecule has 4 rings (SSSR count). The number of aromatic nitrogens is 2. The molecule has 2 aromatic carbocycles. The molecule has 0 saturated heterocycles. The summed E-state index contributed by atoms with van der Waals surface area (Å²) in [6.45, 7) is -3.00. The summed E-state index contributed by atoms with van der Waals surface area (Å²) in [6.07, 6.45) is 3.33. The molecule has 0 bridgehead atoms. The average molecular weight is 401 g/mol. The van der Waals surface area contributed by atoms with Crippen molar-refractivity contribution in [2.45, 2.75) is 32.3 Å². The largest absolute Gasteiger partial charge is 0.433 e. The number of anilines is 1. The molecular weight excluding hydrogens is 383 g/mol. The quantitative estimate of drug-likeness (QED) is 0.672. The normalized spacial score (nSPS) is 13.2. The number of halogens is 3. The monoisotopic (exact) mass is 401 g/mol. The molecule has 0 unspecified atom stereocenters. The van der Waals surface area contributed by atoms with E-state index >= 15 is 0 Å². The molecule has 0 aliphatic heterocycles. The van der Waals surface area contributed by atoms with Gasteiger partial charge in [0.05, 0.1) is 11.4 Å². The van der Waals surface area contributed by atoms with Crippen LogP contribution in [-0.2, 0) is 12.8 Å². The van der Waals surface area contributed by atoms with E-state index in [1.807, 2.05) is 0 Å². The van der Waals surface area contributed by atoms with Gasteiger partial charge in [0.1, 0.15) is 11.6 Å². The Labute approximate surface area is 165 Å². The third-order valence-electron chi connectivity index (χ3n) is 4.82. The summed E-state index contributed by atoms with van der Waals surface area (Å²) in [5.74, 6) is -0.986. The maximum absolute atomic E-state index is 13.3. The SMILES string of the molecule is O=C(Nc1ccccc1OC(F)F)c1nn(-c2ccc(F)cc2)c2c1CCCC2. The zero-order valence-corrected chi connectivity index (χ0v) is 15.4. The Morgan fingerprint density at radius 2 is 1.79 bits per heavy atom. The molecule has 0 spiro atoms. The van der Waals surface area contributed by atoms with Gasteiger partial charge in [0.25, 0.3) is 5.91 Å². The number of hydrogen-bond donors (Lipinski definition) is 1. The molecule has 1 heterocycles. The van der Waals surface area contributed by atoms with E-state index < -0.39 is 12.5 Å². The highest BCUT2D eigenvalue weighted by atomic mass is 19.3. The van der Waals surface area contributed by atoms with E-state index in [9.17, 15) is 18.0 Å². The topological polar surface area (TPSA) is 56.1 Å². The number of alkyl halides is 2. The Balaban J connectivity index is 1.68. The van der Waals surface area contributed by atoms with Crippen molar-refractivity contribution in [3.8, 4) is 11.4 Å². The third-order valence-corrected chi connectivity index (χ3v) is 4.82. The number of carbonyl (C=O) groups is 1. The van der Waals surface area contributed by atoms with Crippen molar-refractivity contribution in [2.24, 2.45) is 0 Å².